The molecule has 0 saturated carbocycles. The number of amides is 2. The number of terminal acetylenes is 1. The largest absolute Gasteiger partial charge is 0.489 e. The summed E-state index contributed by atoms with van der Waals surface area (Å²) in [6.45, 7) is 6.79. The lowest BCUT2D eigenvalue weighted by Crippen LogP contribution is -2.46. The van der Waals surface area contributed by atoms with E-state index < -0.39 is 23.4 Å². The van der Waals surface area contributed by atoms with E-state index in [9.17, 15) is 9.59 Å². The summed E-state index contributed by atoms with van der Waals surface area (Å²) in [4.78, 5) is 31.7. The van der Waals surface area contributed by atoms with Gasteiger partial charge < -0.3 is 10.1 Å². The van der Waals surface area contributed by atoms with Crippen LogP contribution in [-0.2, 0) is 11.4 Å². The Morgan fingerprint density at radius 2 is 1.92 bits per heavy atom. The van der Waals surface area contributed by atoms with Gasteiger partial charge >= 0.3 is 0 Å². The predicted molar refractivity (Wildman–Crippen MR) is 136 cm³/mol. The topological polar surface area (TPSA) is 104 Å². The average Bonchev–Trinajstić information content (AvgIpc) is 3.31. The Hall–Kier alpha value is -3.93. The van der Waals surface area contributed by atoms with Crippen molar-refractivity contribution in [1.82, 2.24) is 20.7 Å². The summed E-state index contributed by atoms with van der Waals surface area (Å²) in [6.07, 6.45) is 5.64. The first-order chi connectivity index (χ1) is 17.2. The molecule has 8 heteroatoms. The molecule has 0 spiro atoms. The fraction of sp³-hybridized carbons (Fsp3) is 0.321. The number of para-hydroxylation sites is 1. The fourth-order valence-electron chi connectivity index (χ4n) is 4.48. The van der Waals surface area contributed by atoms with E-state index >= 15 is 0 Å². The number of benzene rings is 2. The van der Waals surface area contributed by atoms with Gasteiger partial charge in [0.15, 0.2) is 0 Å². The van der Waals surface area contributed by atoms with Gasteiger partial charge in [0.25, 0.3) is 5.91 Å². The first-order valence-corrected chi connectivity index (χ1v) is 11.8. The number of rotatable bonds is 7. The monoisotopic (exact) mass is 486 g/mol. The number of fused-ring (bicyclic) bond motifs is 1. The molecule has 0 bridgehead atoms. The smallest absolute Gasteiger partial charge is 0.251 e. The van der Waals surface area contributed by atoms with Crippen LogP contribution < -0.4 is 15.5 Å². The number of likely N-dealkylation sites (tertiary alicyclic amines) is 1. The van der Waals surface area contributed by atoms with Crippen LogP contribution in [0.2, 0.25) is 0 Å². The summed E-state index contributed by atoms with van der Waals surface area (Å²) in [5.74, 6) is 1.83. The molecule has 2 atom stereocenters. The second kappa shape index (κ2) is 10.4. The maximum absolute atomic E-state index is 12.9. The Bertz CT molecular complexity index is 1310. The number of hydrogen-bond donors (Lipinski definition) is 3. The second-order valence-electron chi connectivity index (χ2n) is 9.52. The van der Waals surface area contributed by atoms with Crippen molar-refractivity contribution in [2.24, 2.45) is 5.92 Å². The normalized spacial score (nSPS) is 18.0. The molecular formula is C28H30N4O4. The lowest BCUT2D eigenvalue weighted by Gasteiger charge is -2.30. The highest BCUT2D eigenvalue weighted by Gasteiger charge is 2.43. The molecule has 186 valence electrons. The fourth-order valence-corrected chi connectivity index (χ4v) is 4.48. The molecule has 1 fully saturated rings. The van der Waals surface area contributed by atoms with E-state index in [0.717, 1.165) is 22.2 Å². The van der Waals surface area contributed by atoms with Crippen LogP contribution in [0.4, 0.5) is 0 Å². The number of ether oxygens (including phenoxy) is 1. The number of carbonyl (C=O) groups is 2. The summed E-state index contributed by atoms with van der Waals surface area (Å²) in [7, 11) is 0. The zero-order valence-corrected chi connectivity index (χ0v) is 20.6. The van der Waals surface area contributed by atoms with Crippen LogP contribution in [0.15, 0.2) is 54.6 Å². The van der Waals surface area contributed by atoms with E-state index in [1.165, 1.54) is 0 Å². The molecule has 8 nitrogen and oxygen atoms in total. The number of aryl methyl sites for hydroxylation is 1. The summed E-state index contributed by atoms with van der Waals surface area (Å²) in [5.41, 5.74) is 4.42. The zero-order chi connectivity index (χ0) is 25.9. The first-order valence-electron chi connectivity index (χ1n) is 11.8. The van der Waals surface area contributed by atoms with Gasteiger partial charge in [0.1, 0.15) is 12.4 Å². The molecule has 1 aromatic heterocycles. The quantitative estimate of drug-likeness (QED) is 0.269. The molecule has 1 aliphatic heterocycles. The number of aromatic nitrogens is 1. The second-order valence-corrected chi connectivity index (χ2v) is 9.52. The van der Waals surface area contributed by atoms with Gasteiger partial charge in [-0.2, -0.15) is 0 Å². The molecule has 0 aliphatic carbocycles. The van der Waals surface area contributed by atoms with Gasteiger partial charge in [0.2, 0.25) is 5.91 Å². The van der Waals surface area contributed by atoms with Crippen molar-refractivity contribution in [3.8, 4) is 18.1 Å². The van der Waals surface area contributed by atoms with Crippen LogP contribution in [0.5, 0.6) is 5.75 Å². The molecule has 2 heterocycles. The summed E-state index contributed by atoms with van der Waals surface area (Å²) in [6, 6.07) is 16.3. The lowest BCUT2D eigenvalue weighted by atomic mass is 10.0. The van der Waals surface area contributed by atoms with Crippen LogP contribution >= 0.6 is 0 Å². The van der Waals surface area contributed by atoms with Crippen molar-refractivity contribution >= 4 is 22.7 Å². The van der Waals surface area contributed by atoms with Gasteiger partial charge in [0.05, 0.1) is 23.0 Å². The van der Waals surface area contributed by atoms with Gasteiger partial charge in [-0.3, -0.25) is 24.7 Å². The molecule has 36 heavy (non-hydrogen) atoms. The molecule has 1 aliphatic rings. The Kier molecular flexibility index (Phi) is 7.25. The number of nitrogens with zero attached hydrogens (tertiary/aromatic N) is 2. The summed E-state index contributed by atoms with van der Waals surface area (Å²) in [5, 5.41) is 13.1. The standard InChI is InChI=1S/C28H30N4O4/c1-5-28(3,4)32-15-23(27(34)31-35)25(16-32)30-26(33)19-10-12-21(13-11-19)36-17-20-14-18(2)29-24-9-7-6-8-22(20)24/h1,6-14,23,25,35H,15-17H2,2-4H3,(H,30,33)(H,31,34)/t23-,25+/m0/s1. The third kappa shape index (κ3) is 5.33. The van der Waals surface area contributed by atoms with E-state index in [2.05, 4.69) is 16.2 Å². The highest BCUT2D eigenvalue weighted by molar-refractivity contribution is 5.95. The third-order valence-electron chi connectivity index (χ3n) is 6.67. The Morgan fingerprint density at radius 3 is 2.61 bits per heavy atom. The van der Waals surface area contributed by atoms with Gasteiger partial charge in [-0.25, -0.2) is 5.48 Å². The van der Waals surface area contributed by atoms with Gasteiger partial charge in [-0.15, -0.1) is 6.42 Å². The van der Waals surface area contributed by atoms with E-state index in [-0.39, 0.29) is 5.91 Å². The van der Waals surface area contributed by atoms with Crippen LogP contribution in [0.3, 0.4) is 0 Å². The molecule has 3 aromatic rings. The number of pyridine rings is 1. The number of hydrogen-bond acceptors (Lipinski definition) is 6. The Balaban J connectivity index is 1.42. The van der Waals surface area contributed by atoms with Crippen molar-refractivity contribution in [2.45, 2.75) is 39.0 Å². The number of carbonyl (C=O) groups excluding carboxylic acids is 2. The average molecular weight is 487 g/mol. The SMILES string of the molecule is C#CC(C)(C)N1C[C@H](C(=O)NO)[C@H](NC(=O)c2ccc(OCc3cc(C)nc4ccccc34)cc2)C1. The van der Waals surface area contributed by atoms with Crippen LogP contribution in [0, 0.1) is 25.2 Å². The number of hydroxylamine groups is 1. The summed E-state index contributed by atoms with van der Waals surface area (Å²) >= 11 is 0. The lowest BCUT2D eigenvalue weighted by molar-refractivity contribution is -0.133. The minimum absolute atomic E-state index is 0.321. The van der Waals surface area contributed by atoms with Crippen molar-refractivity contribution in [3.63, 3.8) is 0 Å². The molecule has 0 radical (unpaired) electrons. The van der Waals surface area contributed by atoms with Crippen molar-refractivity contribution < 1.29 is 19.5 Å². The molecule has 2 amide bonds. The summed E-state index contributed by atoms with van der Waals surface area (Å²) < 4.78 is 5.98. The van der Waals surface area contributed by atoms with Crippen molar-refractivity contribution in [3.05, 3.63) is 71.4 Å². The maximum atomic E-state index is 12.9. The highest BCUT2D eigenvalue weighted by atomic mass is 16.5. The van der Waals surface area contributed by atoms with E-state index in [4.69, 9.17) is 16.4 Å². The van der Waals surface area contributed by atoms with Gasteiger partial charge in [0, 0.05) is 35.3 Å². The first kappa shape index (κ1) is 25.2. The van der Waals surface area contributed by atoms with E-state index in [1.807, 2.05) is 56.0 Å². The zero-order valence-electron chi connectivity index (χ0n) is 20.6. The third-order valence-corrected chi connectivity index (χ3v) is 6.67. The van der Waals surface area contributed by atoms with Crippen molar-refractivity contribution in [2.75, 3.05) is 13.1 Å². The predicted octanol–water partition coefficient (Wildman–Crippen LogP) is 3.07. The molecule has 4 rings (SSSR count). The molecule has 0 unspecified atom stereocenters. The van der Waals surface area contributed by atoms with Gasteiger partial charge in [-0.05, 0) is 57.2 Å². The van der Waals surface area contributed by atoms with Crippen LogP contribution in [0.25, 0.3) is 10.9 Å². The molecule has 3 N–H and O–H groups in total. The van der Waals surface area contributed by atoms with E-state index in [0.29, 0.717) is 31.0 Å². The van der Waals surface area contributed by atoms with Crippen LogP contribution in [-0.4, -0.2) is 51.6 Å². The highest BCUT2D eigenvalue weighted by Crippen LogP contribution is 2.26. The molecule has 1 saturated heterocycles. The number of nitrogens with one attached hydrogen (secondary N) is 2. The minimum atomic E-state index is -0.632. The molecular weight excluding hydrogens is 456 g/mol. The minimum Gasteiger partial charge on any atom is -0.489 e. The van der Waals surface area contributed by atoms with Gasteiger partial charge in [-0.1, -0.05) is 24.1 Å². The van der Waals surface area contributed by atoms with Crippen LogP contribution in [0.1, 0.15) is 35.5 Å². The maximum Gasteiger partial charge on any atom is 0.251 e. The van der Waals surface area contributed by atoms with E-state index in [1.54, 1.807) is 29.7 Å². The molecule has 2 aromatic carbocycles. The Labute approximate surface area is 210 Å². The Morgan fingerprint density at radius 1 is 1.19 bits per heavy atom. The van der Waals surface area contributed by atoms with Crippen molar-refractivity contribution in [1.29, 1.82) is 0 Å².